The molecule has 0 spiro atoms. The lowest BCUT2D eigenvalue weighted by atomic mass is 10.1. The number of nitrogens with one attached hydrogen (secondary N) is 2. The van der Waals surface area contributed by atoms with E-state index >= 15 is 0 Å². The Morgan fingerprint density at radius 3 is 2.67 bits per heavy atom. The molecule has 1 amide bonds. The van der Waals surface area contributed by atoms with Crippen molar-refractivity contribution >= 4 is 22.9 Å². The Morgan fingerprint density at radius 1 is 1.15 bits per heavy atom. The molecule has 0 saturated carbocycles. The van der Waals surface area contributed by atoms with Crippen LogP contribution < -0.4 is 10.2 Å². The number of aryl methyl sites for hydroxylation is 1. The zero-order valence-electron chi connectivity index (χ0n) is 15.6. The molecule has 4 rings (SSSR count). The molecule has 2 heterocycles. The molecule has 6 heteroatoms. The maximum atomic E-state index is 12.7. The van der Waals surface area contributed by atoms with Gasteiger partial charge in [-0.2, -0.15) is 0 Å². The van der Waals surface area contributed by atoms with Gasteiger partial charge in [-0.1, -0.05) is 29.8 Å². The fourth-order valence-electron chi connectivity index (χ4n) is 3.46. The van der Waals surface area contributed by atoms with Crippen molar-refractivity contribution in [2.45, 2.75) is 13.5 Å². The largest absolute Gasteiger partial charge is 0.370 e. The number of imidazole rings is 1. The van der Waals surface area contributed by atoms with Crippen LogP contribution in [0.5, 0.6) is 0 Å². The quantitative estimate of drug-likeness (QED) is 0.721. The molecule has 0 bridgehead atoms. The second kappa shape index (κ2) is 7.90. The number of hydrogen-bond donors (Lipinski definition) is 2. The fourth-order valence-corrected chi connectivity index (χ4v) is 3.46. The molecular formula is C21H25N4O2+. The average molecular weight is 365 g/mol. The van der Waals surface area contributed by atoms with Crippen LogP contribution in [-0.2, 0) is 11.3 Å². The number of benzene rings is 2. The summed E-state index contributed by atoms with van der Waals surface area (Å²) in [6.07, 6.45) is 0. The second-order valence-corrected chi connectivity index (χ2v) is 7.01. The zero-order chi connectivity index (χ0) is 18.6. The monoisotopic (exact) mass is 365 g/mol. The van der Waals surface area contributed by atoms with E-state index in [4.69, 9.17) is 4.74 Å². The second-order valence-electron chi connectivity index (χ2n) is 7.01. The minimum Gasteiger partial charge on any atom is -0.370 e. The van der Waals surface area contributed by atoms with E-state index < -0.39 is 0 Å². The molecule has 0 unspecified atom stereocenters. The van der Waals surface area contributed by atoms with Gasteiger partial charge in [0, 0.05) is 5.56 Å². The van der Waals surface area contributed by atoms with Crippen molar-refractivity contribution in [3.63, 3.8) is 0 Å². The smallest absolute Gasteiger partial charge is 0.257 e. The summed E-state index contributed by atoms with van der Waals surface area (Å²) in [5.74, 6) is 0.472. The first-order valence-electron chi connectivity index (χ1n) is 9.45. The van der Waals surface area contributed by atoms with Crippen LogP contribution in [0.25, 0.3) is 11.0 Å². The topological polar surface area (TPSA) is 60.6 Å². The van der Waals surface area contributed by atoms with Crippen LogP contribution in [0.1, 0.15) is 15.9 Å². The number of quaternary nitrogens is 1. The van der Waals surface area contributed by atoms with Crippen LogP contribution in [0.3, 0.4) is 0 Å². The molecule has 3 aromatic rings. The lowest BCUT2D eigenvalue weighted by Crippen LogP contribution is -3.14. The van der Waals surface area contributed by atoms with E-state index in [1.165, 1.54) is 4.90 Å². The summed E-state index contributed by atoms with van der Waals surface area (Å²) < 4.78 is 7.56. The summed E-state index contributed by atoms with van der Waals surface area (Å²) in [4.78, 5) is 18.9. The number of morpholine rings is 1. The minimum absolute atomic E-state index is 0.134. The minimum atomic E-state index is -0.134. The Labute approximate surface area is 158 Å². The number of fused-ring (bicyclic) bond motifs is 1. The van der Waals surface area contributed by atoms with E-state index in [0.29, 0.717) is 11.5 Å². The number of carbonyl (C=O) groups is 1. The molecule has 6 nitrogen and oxygen atoms in total. The van der Waals surface area contributed by atoms with E-state index in [2.05, 4.69) is 20.9 Å². The van der Waals surface area contributed by atoms with E-state index in [1.54, 1.807) is 0 Å². The highest BCUT2D eigenvalue weighted by atomic mass is 16.5. The fraction of sp³-hybridized carbons (Fsp3) is 0.333. The van der Waals surface area contributed by atoms with Crippen molar-refractivity contribution in [2.24, 2.45) is 0 Å². The van der Waals surface area contributed by atoms with Gasteiger partial charge in [-0.05, 0) is 31.2 Å². The van der Waals surface area contributed by atoms with Gasteiger partial charge >= 0.3 is 0 Å². The molecule has 0 radical (unpaired) electrons. The van der Waals surface area contributed by atoms with Crippen molar-refractivity contribution in [3.05, 3.63) is 59.7 Å². The van der Waals surface area contributed by atoms with Gasteiger partial charge in [0.05, 0.1) is 37.3 Å². The Morgan fingerprint density at radius 2 is 1.89 bits per heavy atom. The Kier molecular flexibility index (Phi) is 5.18. The van der Waals surface area contributed by atoms with Crippen LogP contribution in [0.15, 0.2) is 48.5 Å². The molecule has 1 aliphatic heterocycles. The Bertz CT molecular complexity index is 927. The van der Waals surface area contributed by atoms with Gasteiger partial charge < -0.3 is 14.2 Å². The standard InChI is InChI=1S/C21H24N4O2/c1-16-6-8-17(9-7-16)20(26)23-21-22-18-4-2-3-5-19(18)25(21)11-10-24-12-14-27-15-13-24/h2-9H,10-15H2,1H3,(H,22,23,26)/p+1. The highest BCUT2D eigenvalue weighted by Crippen LogP contribution is 2.20. The van der Waals surface area contributed by atoms with Gasteiger partial charge in [0.1, 0.15) is 13.1 Å². The van der Waals surface area contributed by atoms with Crippen molar-refractivity contribution in [3.8, 4) is 0 Å². The number of anilines is 1. The van der Waals surface area contributed by atoms with Crippen molar-refractivity contribution < 1.29 is 14.4 Å². The molecule has 0 atom stereocenters. The van der Waals surface area contributed by atoms with Gasteiger partial charge in [-0.25, -0.2) is 4.98 Å². The van der Waals surface area contributed by atoms with Crippen molar-refractivity contribution in [1.82, 2.24) is 9.55 Å². The summed E-state index contributed by atoms with van der Waals surface area (Å²) >= 11 is 0. The van der Waals surface area contributed by atoms with Crippen LogP contribution in [0.4, 0.5) is 5.95 Å². The molecule has 1 saturated heterocycles. The molecular weight excluding hydrogens is 340 g/mol. The van der Waals surface area contributed by atoms with E-state index in [-0.39, 0.29) is 5.91 Å². The summed E-state index contributed by atoms with van der Waals surface area (Å²) in [5, 5.41) is 3.00. The number of rotatable bonds is 5. The number of hydrogen-bond acceptors (Lipinski definition) is 3. The lowest BCUT2D eigenvalue weighted by molar-refractivity contribution is -0.908. The number of carbonyl (C=O) groups excluding carboxylic acids is 1. The van der Waals surface area contributed by atoms with E-state index in [0.717, 1.165) is 56.0 Å². The number of ether oxygens (including phenoxy) is 1. The summed E-state index contributed by atoms with van der Waals surface area (Å²) in [5.41, 5.74) is 3.71. The van der Waals surface area contributed by atoms with Gasteiger partial charge in [0.2, 0.25) is 5.95 Å². The van der Waals surface area contributed by atoms with E-state index in [9.17, 15) is 4.79 Å². The number of nitrogens with zero attached hydrogens (tertiary/aromatic N) is 2. The molecule has 1 aliphatic rings. The van der Waals surface area contributed by atoms with Gasteiger partial charge in [0.25, 0.3) is 5.91 Å². The third-order valence-corrected chi connectivity index (χ3v) is 5.08. The normalized spacial score (nSPS) is 15.1. The third-order valence-electron chi connectivity index (χ3n) is 5.08. The summed E-state index contributed by atoms with van der Waals surface area (Å²) in [7, 11) is 0. The van der Waals surface area contributed by atoms with Crippen LogP contribution in [-0.4, -0.2) is 48.3 Å². The maximum absolute atomic E-state index is 12.7. The molecule has 2 aromatic carbocycles. The van der Waals surface area contributed by atoms with E-state index in [1.807, 2.05) is 49.4 Å². The number of amides is 1. The molecule has 1 aromatic heterocycles. The first kappa shape index (κ1) is 17.7. The first-order chi connectivity index (χ1) is 13.2. The predicted molar refractivity (Wildman–Crippen MR) is 105 cm³/mol. The maximum Gasteiger partial charge on any atom is 0.257 e. The Balaban J connectivity index is 1.57. The highest BCUT2D eigenvalue weighted by Gasteiger charge is 2.18. The van der Waals surface area contributed by atoms with Crippen LogP contribution in [0, 0.1) is 6.92 Å². The summed E-state index contributed by atoms with van der Waals surface area (Å²) in [6, 6.07) is 15.6. The highest BCUT2D eigenvalue weighted by molar-refractivity contribution is 6.04. The molecule has 140 valence electrons. The number of para-hydroxylation sites is 2. The predicted octanol–water partition coefficient (Wildman–Crippen LogP) is 1.51. The van der Waals surface area contributed by atoms with Gasteiger partial charge in [0.15, 0.2) is 0 Å². The van der Waals surface area contributed by atoms with Crippen molar-refractivity contribution in [1.29, 1.82) is 0 Å². The first-order valence-corrected chi connectivity index (χ1v) is 9.45. The molecule has 0 aliphatic carbocycles. The van der Waals surface area contributed by atoms with Crippen LogP contribution >= 0.6 is 0 Å². The average Bonchev–Trinajstić information content (AvgIpc) is 3.04. The Hall–Kier alpha value is -2.70. The lowest BCUT2D eigenvalue weighted by Gasteiger charge is -2.24. The van der Waals surface area contributed by atoms with Crippen molar-refractivity contribution in [2.75, 3.05) is 38.2 Å². The van der Waals surface area contributed by atoms with Gasteiger partial charge in [-0.15, -0.1) is 0 Å². The number of aromatic nitrogens is 2. The third kappa shape index (κ3) is 4.02. The SMILES string of the molecule is Cc1ccc(C(=O)Nc2nc3ccccc3n2CC[NH+]2CCOCC2)cc1. The van der Waals surface area contributed by atoms with Crippen LogP contribution in [0.2, 0.25) is 0 Å². The zero-order valence-corrected chi connectivity index (χ0v) is 15.6. The van der Waals surface area contributed by atoms with Gasteiger partial charge in [-0.3, -0.25) is 10.1 Å². The summed E-state index contributed by atoms with van der Waals surface area (Å²) in [6.45, 7) is 7.48. The molecule has 1 fully saturated rings. The molecule has 2 N–H and O–H groups in total. The molecule has 27 heavy (non-hydrogen) atoms.